The van der Waals surface area contributed by atoms with Crippen LogP contribution >= 0.6 is 0 Å². The van der Waals surface area contributed by atoms with E-state index < -0.39 is 33.2 Å². The van der Waals surface area contributed by atoms with Crippen molar-refractivity contribution in [3.63, 3.8) is 0 Å². The number of carboxylic acids is 1. The van der Waals surface area contributed by atoms with Crippen LogP contribution in [-0.4, -0.2) is 37.7 Å². The van der Waals surface area contributed by atoms with E-state index in [9.17, 15) is 23.1 Å². The first kappa shape index (κ1) is 17.7. The monoisotopic (exact) mass is 366 g/mol. The molecule has 1 amide bonds. The molecule has 0 aromatic heterocycles. The van der Waals surface area contributed by atoms with Crippen LogP contribution in [0.25, 0.3) is 0 Å². The minimum Gasteiger partial charge on any atom is -0.481 e. The van der Waals surface area contributed by atoms with Gasteiger partial charge >= 0.3 is 5.97 Å². The Hall–Kier alpha value is -2.09. The second-order valence-electron chi connectivity index (χ2n) is 7.25. The smallest absolute Gasteiger partial charge is 0.307 e. The highest BCUT2D eigenvalue weighted by Crippen LogP contribution is 2.58. The molecule has 1 aliphatic heterocycles. The molecule has 0 spiro atoms. The van der Waals surface area contributed by atoms with E-state index in [1.54, 1.807) is 38.1 Å². The molecule has 0 radical (unpaired) electrons. The Labute approximate surface area is 147 Å². The van der Waals surface area contributed by atoms with Gasteiger partial charge in [-0.2, -0.15) is 0 Å². The predicted molar refractivity (Wildman–Crippen MR) is 93.8 cm³/mol. The van der Waals surface area contributed by atoms with Gasteiger partial charge in [-0.3, -0.25) is 13.9 Å². The lowest BCUT2D eigenvalue weighted by atomic mass is 10.1. The Morgan fingerprint density at radius 3 is 2.56 bits per heavy atom. The number of amides is 1. The fourth-order valence-corrected chi connectivity index (χ4v) is 5.26. The van der Waals surface area contributed by atoms with Crippen LogP contribution in [-0.2, 0) is 19.6 Å². The number of sulfonamides is 1. The van der Waals surface area contributed by atoms with E-state index in [0.717, 1.165) is 6.42 Å². The summed E-state index contributed by atoms with van der Waals surface area (Å²) >= 11 is 0. The van der Waals surface area contributed by atoms with Gasteiger partial charge in [0.1, 0.15) is 0 Å². The molecule has 1 heterocycles. The molecule has 136 valence electrons. The fourth-order valence-electron chi connectivity index (χ4n) is 3.63. The summed E-state index contributed by atoms with van der Waals surface area (Å²) in [5, 5.41) is 11.9. The van der Waals surface area contributed by atoms with Gasteiger partial charge in [-0.15, -0.1) is 0 Å². The lowest BCUT2D eigenvalue weighted by Gasteiger charge is -2.28. The largest absolute Gasteiger partial charge is 0.481 e. The average Bonchev–Trinajstić information content (AvgIpc) is 3.10. The molecule has 2 atom stereocenters. The zero-order valence-electron chi connectivity index (χ0n) is 14.2. The van der Waals surface area contributed by atoms with Gasteiger partial charge < -0.3 is 10.4 Å². The third kappa shape index (κ3) is 3.22. The van der Waals surface area contributed by atoms with Crippen molar-refractivity contribution in [2.24, 2.45) is 17.3 Å². The van der Waals surface area contributed by atoms with E-state index in [2.05, 4.69) is 5.32 Å². The standard InChI is InChI=1S/C17H22N2O5S/c1-17(2)13(14(17)16(21)22)15(20)18-11-6-5-7-12(10-11)19-8-3-4-9-25(19,23)24/h5-7,10,13-14H,3-4,8-9H2,1-2H3,(H,18,20)(H,21,22)/t13-,14+/m0/s1. The molecule has 0 bridgehead atoms. The molecule has 2 aliphatic rings. The maximum atomic E-state index is 12.4. The van der Waals surface area contributed by atoms with Gasteiger partial charge in [-0.1, -0.05) is 19.9 Å². The lowest BCUT2D eigenvalue weighted by Crippen LogP contribution is -2.37. The highest BCUT2D eigenvalue weighted by molar-refractivity contribution is 7.92. The maximum absolute atomic E-state index is 12.4. The van der Waals surface area contributed by atoms with Crippen molar-refractivity contribution < 1.29 is 23.1 Å². The van der Waals surface area contributed by atoms with Crippen LogP contribution in [0, 0.1) is 17.3 Å². The summed E-state index contributed by atoms with van der Waals surface area (Å²) in [4.78, 5) is 23.6. The molecule has 1 aromatic carbocycles. The number of rotatable bonds is 4. The summed E-state index contributed by atoms with van der Waals surface area (Å²) < 4.78 is 25.8. The molecule has 1 saturated carbocycles. The summed E-state index contributed by atoms with van der Waals surface area (Å²) in [5.74, 6) is -2.49. The zero-order valence-corrected chi connectivity index (χ0v) is 15.0. The first-order valence-corrected chi connectivity index (χ1v) is 9.89. The third-order valence-corrected chi connectivity index (χ3v) is 7.00. The van der Waals surface area contributed by atoms with Crippen molar-refractivity contribution in [2.45, 2.75) is 26.7 Å². The van der Waals surface area contributed by atoms with Gasteiger partial charge in [0, 0.05) is 12.2 Å². The molecule has 25 heavy (non-hydrogen) atoms. The summed E-state index contributed by atoms with van der Waals surface area (Å²) in [6.07, 6.45) is 1.45. The van der Waals surface area contributed by atoms with Crippen molar-refractivity contribution in [3.05, 3.63) is 24.3 Å². The molecule has 1 saturated heterocycles. The summed E-state index contributed by atoms with van der Waals surface area (Å²) in [6.45, 7) is 3.94. The van der Waals surface area contributed by atoms with Gasteiger partial charge in [0.15, 0.2) is 0 Å². The Bertz CT molecular complexity index is 818. The number of hydrogen-bond donors (Lipinski definition) is 2. The molecule has 1 aromatic rings. The minimum absolute atomic E-state index is 0.125. The van der Waals surface area contributed by atoms with Crippen molar-refractivity contribution >= 4 is 33.3 Å². The highest BCUT2D eigenvalue weighted by Gasteiger charge is 2.65. The molecule has 2 fully saturated rings. The van der Waals surface area contributed by atoms with E-state index >= 15 is 0 Å². The van der Waals surface area contributed by atoms with Crippen LogP contribution in [0.3, 0.4) is 0 Å². The summed E-state index contributed by atoms with van der Waals surface area (Å²) in [7, 11) is -3.32. The van der Waals surface area contributed by atoms with E-state index in [1.165, 1.54) is 4.31 Å². The number of carbonyl (C=O) groups is 2. The van der Waals surface area contributed by atoms with Gasteiger partial charge in [0.2, 0.25) is 15.9 Å². The second kappa shape index (κ2) is 6.01. The maximum Gasteiger partial charge on any atom is 0.307 e. The number of nitrogens with zero attached hydrogens (tertiary/aromatic N) is 1. The van der Waals surface area contributed by atoms with Crippen molar-refractivity contribution in [1.82, 2.24) is 0 Å². The van der Waals surface area contributed by atoms with Gasteiger partial charge in [-0.05, 0) is 36.5 Å². The number of carboxylic acid groups (broad SMARTS) is 1. The van der Waals surface area contributed by atoms with Crippen molar-refractivity contribution in [1.29, 1.82) is 0 Å². The molecule has 1 aliphatic carbocycles. The summed E-state index contributed by atoms with van der Waals surface area (Å²) in [5.41, 5.74) is 0.404. The number of benzene rings is 1. The number of hydrogen-bond acceptors (Lipinski definition) is 4. The van der Waals surface area contributed by atoms with Crippen LogP contribution < -0.4 is 9.62 Å². The van der Waals surface area contributed by atoms with Crippen LogP contribution in [0.4, 0.5) is 11.4 Å². The molecular formula is C17H22N2O5S. The molecular weight excluding hydrogens is 344 g/mol. The summed E-state index contributed by atoms with van der Waals surface area (Å²) in [6, 6.07) is 6.66. The van der Waals surface area contributed by atoms with Crippen LogP contribution in [0.2, 0.25) is 0 Å². The van der Waals surface area contributed by atoms with Crippen molar-refractivity contribution in [2.75, 3.05) is 21.9 Å². The normalized spacial score (nSPS) is 26.7. The highest BCUT2D eigenvalue weighted by atomic mass is 32.2. The SMILES string of the molecule is CC1(C)[C@H](C(=O)Nc2cccc(N3CCCCS3(=O)=O)c2)[C@@H]1C(=O)O. The number of nitrogens with one attached hydrogen (secondary N) is 1. The van der Waals surface area contributed by atoms with E-state index in [0.29, 0.717) is 24.3 Å². The number of anilines is 2. The third-order valence-electron chi connectivity index (χ3n) is 5.13. The number of carbonyl (C=O) groups excluding carboxylic acids is 1. The van der Waals surface area contributed by atoms with Crippen molar-refractivity contribution in [3.8, 4) is 0 Å². The predicted octanol–water partition coefficient (Wildman–Crippen LogP) is 1.91. The Morgan fingerprint density at radius 1 is 1.24 bits per heavy atom. The molecule has 7 nitrogen and oxygen atoms in total. The zero-order chi connectivity index (χ0) is 18.4. The molecule has 0 unspecified atom stereocenters. The van der Waals surface area contributed by atoms with Gasteiger partial charge in [0.05, 0.1) is 23.3 Å². The van der Waals surface area contributed by atoms with Gasteiger partial charge in [-0.25, -0.2) is 8.42 Å². The Kier molecular flexibility index (Phi) is 4.26. The first-order chi connectivity index (χ1) is 11.6. The lowest BCUT2D eigenvalue weighted by molar-refractivity contribution is -0.140. The second-order valence-corrected chi connectivity index (χ2v) is 9.26. The van der Waals surface area contributed by atoms with Gasteiger partial charge in [0.25, 0.3) is 0 Å². The van der Waals surface area contributed by atoms with Crippen LogP contribution in [0.15, 0.2) is 24.3 Å². The van der Waals surface area contributed by atoms with Crippen LogP contribution in [0.1, 0.15) is 26.7 Å². The number of aliphatic carboxylic acids is 1. The Morgan fingerprint density at radius 2 is 1.96 bits per heavy atom. The van der Waals surface area contributed by atoms with Crippen LogP contribution in [0.5, 0.6) is 0 Å². The fraction of sp³-hybridized carbons (Fsp3) is 0.529. The molecule has 2 N–H and O–H groups in total. The van der Waals surface area contributed by atoms with E-state index in [1.807, 2.05) is 0 Å². The average molecular weight is 366 g/mol. The minimum atomic E-state index is -3.32. The first-order valence-electron chi connectivity index (χ1n) is 8.29. The molecule has 3 rings (SSSR count). The topological polar surface area (TPSA) is 104 Å². The Balaban J connectivity index is 1.77. The van der Waals surface area contributed by atoms with E-state index in [-0.39, 0.29) is 11.7 Å². The molecule has 8 heteroatoms. The quantitative estimate of drug-likeness (QED) is 0.847. The van der Waals surface area contributed by atoms with E-state index in [4.69, 9.17) is 0 Å².